The predicted octanol–water partition coefficient (Wildman–Crippen LogP) is 6.10. The van der Waals surface area contributed by atoms with Gasteiger partial charge in [-0.2, -0.15) is 0 Å². The third kappa shape index (κ3) is 8.47. The Morgan fingerprint density at radius 1 is 1.06 bits per heavy atom. The zero-order chi connectivity index (χ0) is 33.9. The fourth-order valence-electron chi connectivity index (χ4n) is 5.68. The van der Waals surface area contributed by atoms with Crippen molar-refractivity contribution in [2.75, 3.05) is 38.5 Å². The highest BCUT2D eigenvalue weighted by atomic mass is 32.1. The van der Waals surface area contributed by atoms with E-state index in [2.05, 4.69) is 27.4 Å². The van der Waals surface area contributed by atoms with E-state index in [4.69, 9.17) is 14.5 Å². The van der Waals surface area contributed by atoms with Gasteiger partial charge in [-0.3, -0.25) is 14.5 Å². The Labute approximate surface area is 281 Å². The summed E-state index contributed by atoms with van der Waals surface area (Å²) in [6, 6.07) is 7.00. The lowest BCUT2D eigenvalue weighted by Gasteiger charge is -2.42. The molecule has 2 atom stereocenters. The van der Waals surface area contributed by atoms with E-state index in [1.807, 2.05) is 57.8 Å². The van der Waals surface area contributed by atoms with Crippen LogP contribution in [0.15, 0.2) is 36.7 Å². The largest absolute Gasteiger partial charge is 0.481 e. The molecule has 3 heterocycles. The highest BCUT2D eigenvalue weighted by molar-refractivity contribution is 7.11. The monoisotopic (exact) mass is 662 g/mol. The second-order valence-corrected chi connectivity index (χ2v) is 14.4. The molecule has 2 fully saturated rings. The number of ether oxygens (including phenoxy) is 2. The molecule has 2 aliphatic rings. The predicted molar refractivity (Wildman–Crippen MR) is 182 cm³/mol. The molecule has 0 bridgehead atoms. The molecule has 47 heavy (non-hydrogen) atoms. The molecule has 2 aromatic heterocycles. The molecular formula is C35H46N6O5S. The van der Waals surface area contributed by atoms with Crippen molar-refractivity contribution in [2.24, 2.45) is 0 Å². The molecule has 2 N–H and O–H groups in total. The van der Waals surface area contributed by atoms with Gasteiger partial charge in [0.2, 0.25) is 0 Å². The smallest absolute Gasteiger partial charge is 0.410 e. The van der Waals surface area contributed by atoms with Crippen LogP contribution in [0.25, 0.3) is 0 Å². The van der Waals surface area contributed by atoms with Crippen LogP contribution in [0.5, 0.6) is 5.75 Å². The molecule has 3 amide bonds. The fourth-order valence-corrected chi connectivity index (χ4v) is 6.79. The van der Waals surface area contributed by atoms with E-state index in [1.165, 1.54) is 17.7 Å². The molecule has 1 saturated heterocycles. The van der Waals surface area contributed by atoms with Crippen molar-refractivity contribution < 1.29 is 23.9 Å². The average molecular weight is 663 g/mol. The number of carbonyl (C=O) groups excluding carboxylic acids is 3. The van der Waals surface area contributed by atoms with Crippen LogP contribution in [0.2, 0.25) is 0 Å². The number of amides is 3. The maximum atomic E-state index is 13.4. The maximum Gasteiger partial charge on any atom is 0.410 e. The van der Waals surface area contributed by atoms with Crippen LogP contribution < -0.4 is 15.4 Å². The number of piperazine rings is 1. The summed E-state index contributed by atoms with van der Waals surface area (Å²) in [4.78, 5) is 54.0. The zero-order valence-electron chi connectivity index (χ0n) is 28.4. The number of hydrogen-bond donors (Lipinski definition) is 2. The van der Waals surface area contributed by atoms with Crippen molar-refractivity contribution >= 4 is 35.1 Å². The van der Waals surface area contributed by atoms with E-state index in [9.17, 15) is 14.4 Å². The number of benzene rings is 1. The molecule has 11 nitrogen and oxygen atoms in total. The van der Waals surface area contributed by atoms with Crippen molar-refractivity contribution in [3.05, 3.63) is 68.8 Å². The van der Waals surface area contributed by atoms with Crippen LogP contribution in [0.3, 0.4) is 0 Å². The number of pyridine rings is 1. The van der Waals surface area contributed by atoms with Gasteiger partial charge in [0.25, 0.3) is 11.8 Å². The van der Waals surface area contributed by atoms with E-state index in [1.54, 1.807) is 36.7 Å². The highest BCUT2D eigenvalue weighted by Crippen LogP contribution is 2.44. The molecule has 5 rings (SSSR count). The Bertz CT molecular complexity index is 1610. The Morgan fingerprint density at radius 3 is 2.49 bits per heavy atom. The number of nitrogens with one attached hydrogen (secondary N) is 2. The van der Waals surface area contributed by atoms with Crippen LogP contribution in [0, 0.1) is 13.8 Å². The van der Waals surface area contributed by atoms with Crippen LogP contribution in [-0.4, -0.2) is 82.5 Å². The summed E-state index contributed by atoms with van der Waals surface area (Å²) in [6.07, 6.45) is 5.91. The molecule has 1 aliphatic carbocycles. The summed E-state index contributed by atoms with van der Waals surface area (Å²) >= 11 is 1.65. The summed E-state index contributed by atoms with van der Waals surface area (Å²) < 4.78 is 12.4. The molecule has 0 radical (unpaired) electrons. The molecule has 12 heteroatoms. The van der Waals surface area contributed by atoms with Crippen LogP contribution >= 0.6 is 11.3 Å². The minimum atomic E-state index is -0.566. The second-order valence-electron chi connectivity index (χ2n) is 13.3. The number of hydrogen-bond acceptors (Lipinski definition) is 9. The van der Waals surface area contributed by atoms with Gasteiger partial charge in [-0.15, -0.1) is 11.3 Å². The number of thiazole rings is 1. The third-order valence-corrected chi connectivity index (χ3v) is 9.69. The quantitative estimate of drug-likeness (QED) is 0.267. The first-order chi connectivity index (χ1) is 22.4. The van der Waals surface area contributed by atoms with E-state index in [0.717, 1.165) is 17.0 Å². The number of carbonyl (C=O) groups is 3. The molecule has 1 aliphatic heterocycles. The molecule has 3 aromatic rings. The third-order valence-electron chi connectivity index (χ3n) is 8.44. The molecule has 1 unspecified atom stereocenters. The Balaban J connectivity index is 1.41. The van der Waals surface area contributed by atoms with Crippen LogP contribution in [0.4, 0.5) is 10.6 Å². The summed E-state index contributed by atoms with van der Waals surface area (Å²) in [5.74, 6) is 0.663. The van der Waals surface area contributed by atoms with Gasteiger partial charge in [-0.25, -0.2) is 14.8 Å². The van der Waals surface area contributed by atoms with Gasteiger partial charge in [-0.1, -0.05) is 13.0 Å². The fraction of sp³-hybridized carbons (Fsp3) is 0.514. The molecule has 252 valence electrons. The summed E-state index contributed by atoms with van der Waals surface area (Å²) in [6.45, 7) is 13.8. The standard InChI is InChI=1S/C35H46N6O5S/c1-8-24-19-40(14-15-41(24)34(44)46-35(4,5)6)20-28(33-38-18-29(47-33)23-11-12-23)45-27-16-22(3)25(17-26(27)31(42)36-7)32(43)39-30-21(2)10-9-13-37-30/h9-10,13,16-18,23-24,28H,8,11-12,14-15,19-20H2,1-7H3,(H,36,42)(H,37,39,43)/t24-,28?/m1/s1. The first-order valence-corrected chi connectivity index (χ1v) is 17.1. The van der Waals surface area contributed by atoms with E-state index in [0.29, 0.717) is 54.8 Å². The highest BCUT2D eigenvalue weighted by Gasteiger charge is 2.35. The van der Waals surface area contributed by atoms with Crippen LogP contribution in [0.1, 0.15) is 101 Å². The zero-order valence-corrected chi connectivity index (χ0v) is 29.2. The van der Waals surface area contributed by atoms with Gasteiger partial charge < -0.3 is 25.0 Å². The number of anilines is 1. The van der Waals surface area contributed by atoms with Crippen molar-refractivity contribution in [3.8, 4) is 5.75 Å². The first-order valence-electron chi connectivity index (χ1n) is 16.3. The van der Waals surface area contributed by atoms with Gasteiger partial charge in [-0.05, 0) is 89.1 Å². The molecule has 1 saturated carbocycles. The lowest BCUT2D eigenvalue weighted by molar-refractivity contribution is -0.00669. The molecule has 0 spiro atoms. The lowest BCUT2D eigenvalue weighted by Crippen LogP contribution is -2.56. The maximum absolute atomic E-state index is 13.4. The van der Waals surface area contributed by atoms with Crippen molar-refractivity contribution in [3.63, 3.8) is 0 Å². The normalized spacial score (nSPS) is 17.6. The average Bonchev–Trinajstić information content (AvgIpc) is 3.76. The van der Waals surface area contributed by atoms with E-state index in [-0.39, 0.29) is 29.5 Å². The van der Waals surface area contributed by atoms with Gasteiger partial charge >= 0.3 is 6.09 Å². The first kappa shape index (κ1) is 34.3. The van der Waals surface area contributed by atoms with Crippen LogP contribution in [-0.2, 0) is 4.74 Å². The Kier molecular flexibility index (Phi) is 10.5. The van der Waals surface area contributed by atoms with Gasteiger partial charge in [0.15, 0.2) is 6.10 Å². The topological polar surface area (TPSA) is 126 Å². The SMILES string of the molecule is CC[C@@H]1CN(CC(Oc2cc(C)c(C(=O)Nc3ncccc3C)cc2C(=O)NC)c2ncc(C3CC3)s2)CCN1C(=O)OC(C)(C)C. The van der Waals surface area contributed by atoms with Crippen molar-refractivity contribution in [2.45, 2.75) is 84.5 Å². The Morgan fingerprint density at radius 2 is 1.83 bits per heavy atom. The number of nitrogens with zero attached hydrogens (tertiary/aromatic N) is 4. The van der Waals surface area contributed by atoms with E-state index < -0.39 is 11.7 Å². The van der Waals surface area contributed by atoms with Gasteiger partial charge in [0.1, 0.15) is 22.2 Å². The van der Waals surface area contributed by atoms with Gasteiger partial charge in [0.05, 0.1) is 5.56 Å². The van der Waals surface area contributed by atoms with E-state index >= 15 is 0 Å². The van der Waals surface area contributed by atoms with Crippen molar-refractivity contribution in [1.82, 2.24) is 25.1 Å². The minimum absolute atomic E-state index is 0.0122. The molecular weight excluding hydrogens is 616 g/mol. The van der Waals surface area contributed by atoms with Gasteiger partial charge in [0, 0.05) is 62.1 Å². The number of aryl methyl sites for hydroxylation is 2. The lowest BCUT2D eigenvalue weighted by atomic mass is 10.0. The summed E-state index contributed by atoms with van der Waals surface area (Å²) in [5, 5.41) is 6.40. The van der Waals surface area contributed by atoms with Crippen molar-refractivity contribution in [1.29, 1.82) is 0 Å². The second kappa shape index (κ2) is 14.4. The summed E-state index contributed by atoms with van der Waals surface area (Å²) in [7, 11) is 1.55. The molecule has 1 aromatic carbocycles. The number of aromatic nitrogens is 2. The number of rotatable bonds is 10. The Hall–Kier alpha value is -4.03. The summed E-state index contributed by atoms with van der Waals surface area (Å²) in [5.41, 5.74) is 1.54. The minimum Gasteiger partial charge on any atom is -0.481 e.